The molecule has 0 fully saturated rings. The summed E-state index contributed by atoms with van der Waals surface area (Å²) in [6, 6.07) is 5.01. The largest absolute Gasteiger partial charge is 0.482 e. The van der Waals surface area contributed by atoms with Gasteiger partial charge >= 0.3 is 0 Å². The van der Waals surface area contributed by atoms with Crippen LogP contribution in [0.5, 0.6) is 5.75 Å². The lowest BCUT2D eigenvalue weighted by Gasteiger charge is -2.13. The van der Waals surface area contributed by atoms with Gasteiger partial charge in [-0.1, -0.05) is 19.1 Å². The molecule has 0 spiro atoms. The monoisotopic (exact) mass is 291 g/mol. The Labute approximate surface area is 125 Å². The third-order valence-corrected chi connectivity index (χ3v) is 3.28. The lowest BCUT2D eigenvalue weighted by Crippen LogP contribution is -2.15. The summed E-state index contributed by atoms with van der Waals surface area (Å²) >= 11 is 0. The standard InChI is InChI=1S/C16H22FN3O/c1-3-8-18-11-13-6-5-7-14(17)16(13)21-12-15-19-9-10-20(15)4-2/h5-7,9-10,18H,3-4,8,11-12H2,1-2H3. The molecular weight excluding hydrogens is 269 g/mol. The van der Waals surface area contributed by atoms with E-state index in [0.717, 1.165) is 30.9 Å². The Morgan fingerprint density at radius 2 is 2.19 bits per heavy atom. The Morgan fingerprint density at radius 3 is 2.95 bits per heavy atom. The van der Waals surface area contributed by atoms with Gasteiger partial charge in [-0.2, -0.15) is 0 Å². The Balaban J connectivity index is 2.07. The molecule has 0 radical (unpaired) electrons. The second-order valence-corrected chi connectivity index (χ2v) is 4.82. The molecule has 0 unspecified atom stereocenters. The molecule has 5 heteroatoms. The first kappa shape index (κ1) is 15.5. The molecule has 0 amide bonds. The molecule has 1 heterocycles. The molecule has 0 aliphatic heterocycles. The van der Waals surface area contributed by atoms with Crippen LogP contribution in [0.4, 0.5) is 4.39 Å². The minimum absolute atomic E-state index is 0.266. The molecule has 0 aliphatic rings. The van der Waals surface area contributed by atoms with Crippen molar-refractivity contribution < 1.29 is 9.13 Å². The third kappa shape index (κ3) is 4.04. The van der Waals surface area contributed by atoms with E-state index in [0.29, 0.717) is 12.3 Å². The molecule has 1 aromatic carbocycles. The van der Waals surface area contributed by atoms with Crippen molar-refractivity contribution in [2.24, 2.45) is 0 Å². The molecule has 0 atom stereocenters. The van der Waals surface area contributed by atoms with E-state index in [1.165, 1.54) is 6.07 Å². The maximum absolute atomic E-state index is 14.0. The molecule has 0 bridgehead atoms. The van der Waals surface area contributed by atoms with Gasteiger partial charge < -0.3 is 14.6 Å². The highest BCUT2D eigenvalue weighted by Crippen LogP contribution is 2.23. The molecule has 1 aromatic heterocycles. The van der Waals surface area contributed by atoms with Crippen molar-refractivity contribution in [1.29, 1.82) is 0 Å². The van der Waals surface area contributed by atoms with E-state index in [1.807, 2.05) is 23.8 Å². The van der Waals surface area contributed by atoms with Crippen molar-refractivity contribution in [3.8, 4) is 5.75 Å². The van der Waals surface area contributed by atoms with Crippen molar-refractivity contribution in [2.45, 2.75) is 40.0 Å². The van der Waals surface area contributed by atoms with E-state index < -0.39 is 0 Å². The molecular formula is C16H22FN3O. The lowest BCUT2D eigenvalue weighted by molar-refractivity contribution is 0.272. The smallest absolute Gasteiger partial charge is 0.165 e. The van der Waals surface area contributed by atoms with Gasteiger partial charge in [0.05, 0.1) is 0 Å². The SMILES string of the molecule is CCCNCc1cccc(F)c1OCc1nccn1CC. The van der Waals surface area contributed by atoms with Crippen LogP contribution in [0.15, 0.2) is 30.6 Å². The maximum Gasteiger partial charge on any atom is 0.165 e. The molecule has 114 valence electrons. The van der Waals surface area contributed by atoms with Crippen LogP contribution in [0.1, 0.15) is 31.7 Å². The maximum atomic E-state index is 14.0. The van der Waals surface area contributed by atoms with Crippen molar-refractivity contribution in [3.05, 3.63) is 47.8 Å². The van der Waals surface area contributed by atoms with Gasteiger partial charge in [-0.05, 0) is 26.0 Å². The first-order chi connectivity index (χ1) is 10.3. The van der Waals surface area contributed by atoms with Gasteiger partial charge in [-0.15, -0.1) is 0 Å². The van der Waals surface area contributed by atoms with Crippen LogP contribution < -0.4 is 10.1 Å². The Morgan fingerprint density at radius 1 is 1.33 bits per heavy atom. The lowest BCUT2D eigenvalue weighted by atomic mass is 10.2. The highest BCUT2D eigenvalue weighted by molar-refractivity contribution is 5.35. The second-order valence-electron chi connectivity index (χ2n) is 4.82. The minimum atomic E-state index is -0.333. The summed E-state index contributed by atoms with van der Waals surface area (Å²) in [6.45, 7) is 6.72. The molecule has 2 aromatic rings. The molecule has 21 heavy (non-hydrogen) atoms. The first-order valence-corrected chi connectivity index (χ1v) is 7.37. The summed E-state index contributed by atoms with van der Waals surface area (Å²) < 4.78 is 21.7. The van der Waals surface area contributed by atoms with Crippen LogP contribution in [0, 0.1) is 5.82 Å². The predicted molar refractivity (Wildman–Crippen MR) is 80.6 cm³/mol. The van der Waals surface area contributed by atoms with Crippen LogP contribution in [-0.2, 0) is 19.7 Å². The summed E-state index contributed by atoms with van der Waals surface area (Å²) in [5, 5.41) is 3.27. The first-order valence-electron chi connectivity index (χ1n) is 7.37. The van der Waals surface area contributed by atoms with E-state index in [1.54, 1.807) is 12.3 Å². The number of nitrogens with one attached hydrogen (secondary N) is 1. The zero-order valence-electron chi connectivity index (χ0n) is 12.6. The van der Waals surface area contributed by atoms with Crippen LogP contribution in [0.25, 0.3) is 0 Å². The van der Waals surface area contributed by atoms with Gasteiger partial charge in [0.25, 0.3) is 0 Å². The van der Waals surface area contributed by atoms with Crippen LogP contribution >= 0.6 is 0 Å². The van der Waals surface area contributed by atoms with E-state index in [4.69, 9.17) is 4.74 Å². The summed E-state index contributed by atoms with van der Waals surface area (Å²) in [6.07, 6.45) is 4.66. The number of para-hydroxylation sites is 1. The Kier molecular flexibility index (Phi) is 5.75. The molecule has 2 rings (SSSR count). The predicted octanol–water partition coefficient (Wildman–Crippen LogP) is 3.12. The molecule has 4 nitrogen and oxygen atoms in total. The molecule has 1 N–H and O–H groups in total. The highest BCUT2D eigenvalue weighted by atomic mass is 19.1. The molecule has 0 saturated carbocycles. The van der Waals surface area contributed by atoms with Gasteiger partial charge in [0.15, 0.2) is 11.6 Å². The van der Waals surface area contributed by atoms with Crippen molar-refractivity contribution >= 4 is 0 Å². The van der Waals surface area contributed by atoms with Crippen LogP contribution in [-0.4, -0.2) is 16.1 Å². The van der Waals surface area contributed by atoms with Crippen molar-refractivity contribution in [1.82, 2.24) is 14.9 Å². The van der Waals surface area contributed by atoms with Gasteiger partial charge in [0.1, 0.15) is 12.4 Å². The summed E-state index contributed by atoms with van der Waals surface area (Å²) in [4.78, 5) is 4.24. The number of hydrogen-bond donors (Lipinski definition) is 1. The topological polar surface area (TPSA) is 39.1 Å². The number of aromatic nitrogens is 2. The third-order valence-electron chi connectivity index (χ3n) is 3.28. The van der Waals surface area contributed by atoms with E-state index >= 15 is 0 Å². The summed E-state index contributed by atoms with van der Waals surface area (Å²) in [5.41, 5.74) is 0.832. The Hall–Kier alpha value is -1.88. The zero-order valence-corrected chi connectivity index (χ0v) is 12.6. The summed E-state index contributed by atoms with van der Waals surface area (Å²) in [5.74, 6) is 0.778. The fraction of sp³-hybridized carbons (Fsp3) is 0.438. The molecule has 0 saturated heterocycles. The number of nitrogens with zero attached hydrogens (tertiary/aromatic N) is 2. The van der Waals surface area contributed by atoms with E-state index in [2.05, 4.69) is 17.2 Å². The number of imidazole rings is 1. The van der Waals surface area contributed by atoms with Crippen molar-refractivity contribution in [3.63, 3.8) is 0 Å². The average Bonchev–Trinajstić information content (AvgIpc) is 2.94. The quantitative estimate of drug-likeness (QED) is 0.760. The summed E-state index contributed by atoms with van der Waals surface area (Å²) in [7, 11) is 0. The normalized spacial score (nSPS) is 10.8. The number of benzene rings is 1. The second kappa shape index (κ2) is 7.78. The fourth-order valence-corrected chi connectivity index (χ4v) is 2.16. The minimum Gasteiger partial charge on any atom is -0.482 e. The van der Waals surface area contributed by atoms with Gasteiger partial charge in [0, 0.05) is 31.0 Å². The fourth-order valence-electron chi connectivity index (χ4n) is 2.16. The highest BCUT2D eigenvalue weighted by Gasteiger charge is 2.11. The Bertz CT molecular complexity index is 568. The van der Waals surface area contributed by atoms with Gasteiger partial charge in [-0.3, -0.25) is 0 Å². The van der Waals surface area contributed by atoms with E-state index in [-0.39, 0.29) is 12.4 Å². The van der Waals surface area contributed by atoms with Gasteiger partial charge in [-0.25, -0.2) is 9.37 Å². The van der Waals surface area contributed by atoms with Crippen molar-refractivity contribution in [2.75, 3.05) is 6.54 Å². The number of ether oxygens (including phenoxy) is 1. The molecule has 0 aliphatic carbocycles. The number of rotatable bonds is 8. The van der Waals surface area contributed by atoms with Crippen LogP contribution in [0.3, 0.4) is 0 Å². The van der Waals surface area contributed by atoms with Crippen LogP contribution in [0.2, 0.25) is 0 Å². The average molecular weight is 291 g/mol. The number of hydrogen-bond acceptors (Lipinski definition) is 3. The van der Waals surface area contributed by atoms with Gasteiger partial charge in [0.2, 0.25) is 0 Å². The van der Waals surface area contributed by atoms with E-state index in [9.17, 15) is 4.39 Å². The number of aryl methyl sites for hydroxylation is 1. The zero-order chi connectivity index (χ0) is 15.1. The number of halogens is 1.